The average molecular weight is 274 g/mol. The Labute approximate surface area is 117 Å². The smallest absolute Gasteiger partial charge is 0.223 e. The van der Waals surface area contributed by atoms with Crippen molar-refractivity contribution in [1.82, 2.24) is 9.88 Å². The van der Waals surface area contributed by atoms with Crippen LogP contribution in [0.15, 0.2) is 35.7 Å². The number of amides is 1. The SMILES string of the molecule is Cc1nc(CCC(=O)N(C)Cc2ccccc2)cs1. The van der Waals surface area contributed by atoms with E-state index in [0.717, 1.165) is 22.7 Å². The summed E-state index contributed by atoms with van der Waals surface area (Å²) in [5.74, 6) is 0.162. The van der Waals surface area contributed by atoms with Gasteiger partial charge in [0.25, 0.3) is 0 Å². The number of aromatic nitrogens is 1. The lowest BCUT2D eigenvalue weighted by molar-refractivity contribution is -0.130. The molecule has 0 saturated carbocycles. The summed E-state index contributed by atoms with van der Waals surface area (Å²) in [6.07, 6.45) is 1.24. The standard InChI is InChI=1S/C15H18N2OS/c1-12-16-14(11-19-12)8-9-15(18)17(2)10-13-6-4-3-5-7-13/h3-7,11H,8-10H2,1-2H3. The maximum absolute atomic E-state index is 12.0. The van der Waals surface area contributed by atoms with Crippen molar-refractivity contribution in [3.05, 3.63) is 52.0 Å². The first-order valence-corrected chi connectivity index (χ1v) is 7.22. The predicted octanol–water partition coefficient (Wildman–Crippen LogP) is 3.04. The molecule has 0 spiro atoms. The number of carbonyl (C=O) groups is 1. The van der Waals surface area contributed by atoms with Gasteiger partial charge in [0, 0.05) is 25.4 Å². The highest BCUT2D eigenvalue weighted by atomic mass is 32.1. The van der Waals surface area contributed by atoms with Crippen molar-refractivity contribution < 1.29 is 4.79 Å². The van der Waals surface area contributed by atoms with Gasteiger partial charge in [-0.2, -0.15) is 0 Å². The van der Waals surface area contributed by atoms with Crippen LogP contribution < -0.4 is 0 Å². The van der Waals surface area contributed by atoms with Crippen LogP contribution in [-0.2, 0) is 17.8 Å². The molecule has 2 aromatic rings. The van der Waals surface area contributed by atoms with Gasteiger partial charge in [-0.25, -0.2) is 4.98 Å². The van der Waals surface area contributed by atoms with Crippen LogP contribution in [0, 0.1) is 6.92 Å². The quantitative estimate of drug-likeness (QED) is 0.839. The molecule has 2 rings (SSSR count). The number of carbonyl (C=O) groups excluding carboxylic acids is 1. The fourth-order valence-corrected chi connectivity index (χ4v) is 2.54. The van der Waals surface area contributed by atoms with E-state index >= 15 is 0 Å². The molecule has 0 aliphatic rings. The van der Waals surface area contributed by atoms with Crippen molar-refractivity contribution in [3.8, 4) is 0 Å². The van der Waals surface area contributed by atoms with Crippen LogP contribution >= 0.6 is 11.3 Å². The predicted molar refractivity (Wildman–Crippen MR) is 78.1 cm³/mol. The number of benzene rings is 1. The van der Waals surface area contributed by atoms with Gasteiger partial charge in [-0.3, -0.25) is 4.79 Å². The Morgan fingerprint density at radius 3 is 2.68 bits per heavy atom. The highest BCUT2D eigenvalue weighted by molar-refractivity contribution is 7.09. The van der Waals surface area contributed by atoms with Crippen LogP contribution in [-0.4, -0.2) is 22.8 Å². The van der Waals surface area contributed by atoms with Gasteiger partial charge in [-0.1, -0.05) is 30.3 Å². The van der Waals surface area contributed by atoms with Gasteiger partial charge in [0.05, 0.1) is 10.7 Å². The first kappa shape index (κ1) is 13.7. The van der Waals surface area contributed by atoms with Crippen LogP contribution in [0.4, 0.5) is 0 Å². The van der Waals surface area contributed by atoms with Gasteiger partial charge in [0.2, 0.25) is 5.91 Å². The highest BCUT2D eigenvalue weighted by Gasteiger charge is 2.10. The van der Waals surface area contributed by atoms with E-state index in [4.69, 9.17) is 0 Å². The molecule has 0 N–H and O–H groups in total. The molecule has 1 aromatic carbocycles. The van der Waals surface area contributed by atoms with Crippen LogP contribution in [0.1, 0.15) is 22.7 Å². The molecule has 1 aromatic heterocycles. The zero-order valence-corrected chi connectivity index (χ0v) is 12.1. The fourth-order valence-electron chi connectivity index (χ4n) is 1.89. The Morgan fingerprint density at radius 2 is 2.05 bits per heavy atom. The number of hydrogen-bond donors (Lipinski definition) is 0. The number of hydrogen-bond acceptors (Lipinski definition) is 3. The van der Waals surface area contributed by atoms with E-state index in [2.05, 4.69) is 4.98 Å². The molecule has 100 valence electrons. The van der Waals surface area contributed by atoms with E-state index in [1.54, 1.807) is 16.2 Å². The summed E-state index contributed by atoms with van der Waals surface area (Å²) in [5, 5.41) is 3.08. The van der Waals surface area contributed by atoms with E-state index in [0.29, 0.717) is 13.0 Å². The lowest BCUT2D eigenvalue weighted by Gasteiger charge is -2.17. The molecule has 1 amide bonds. The number of rotatable bonds is 5. The summed E-state index contributed by atoms with van der Waals surface area (Å²) >= 11 is 1.63. The zero-order chi connectivity index (χ0) is 13.7. The topological polar surface area (TPSA) is 33.2 Å². The van der Waals surface area contributed by atoms with Gasteiger partial charge < -0.3 is 4.90 Å². The Kier molecular flexibility index (Phi) is 4.68. The summed E-state index contributed by atoms with van der Waals surface area (Å²) < 4.78 is 0. The maximum atomic E-state index is 12.0. The van der Waals surface area contributed by atoms with Crippen LogP contribution in [0.25, 0.3) is 0 Å². The van der Waals surface area contributed by atoms with Crippen molar-refractivity contribution in [1.29, 1.82) is 0 Å². The lowest BCUT2D eigenvalue weighted by Crippen LogP contribution is -2.26. The normalized spacial score (nSPS) is 10.4. The van der Waals surface area contributed by atoms with Gasteiger partial charge in [0.1, 0.15) is 0 Å². The molecule has 0 fully saturated rings. The first-order valence-electron chi connectivity index (χ1n) is 6.34. The fraction of sp³-hybridized carbons (Fsp3) is 0.333. The van der Waals surface area contributed by atoms with E-state index in [-0.39, 0.29) is 5.91 Å². The second kappa shape index (κ2) is 6.48. The van der Waals surface area contributed by atoms with Gasteiger partial charge in [-0.05, 0) is 18.9 Å². The van der Waals surface area contributed by atoms with Crippen LogP contribution in [0.2, 0.25) is 0 Å². The molecule has 19 heavy (non-hydrogen) atoms. The summed E-state index contributed by atoms with van der Waals surface area (Å²) in [7, 11) is 1.85. The van der Waals surface area contributed by atoms with Crippen LogP contribution in [0.3, 0.4) is 0 Å². The van der Waals surface area contributed by atoms with E-state index in [1.165, 1.54) is 0 Å². The molecular weight excluding hydrogens is 256 g/mol. The van der Waals surface area contributed by atoms with Crippen molar-refractivity contribution in [2.75, 3.05) is 7.05 Å². The minimum absolute atomic E-state index is 0.162. The second-order valence-electron chi connectivity index (χ2n) is 4.59. The van der Waals surface area contributed by atoms with E-state index in [1.807, 2.05) is 49.7 Å². The Bertz CT molecular complexity index is 536. The van der Waals surface area contributed by atoms with Crippen molar-refractivity contribution >= 4 is 17.2 Å². The molecule has 1 heterocycles. The molecule has 0 unspecified atom stereocenters. The Balaban J connectivity index is 1.82. The maximum Gasteiger partial charge on any atom is 0.223 e. The molecule has 0 saturated heterocycles. The third kappa shape index (κ3) is 4.17. The molecule has 0 atom stereocenters. The monoisotopic (exact) mass is 274 g/mol. The minimum Gasteiger partial charge on any atom is -0.341 e. The van der Waals surface area contributed by atoms with Gasteiger partial charge >= 0.3 is 0 Å². The molecule has 0 aliphatic carbocycles. The number of aryl methyl sites for hydroxylation is 2. The first-order chi connectivity index (χ1) is 9.15. The molecule has 3 nitrogen and oxygen atoms in total. The molecule has 4 heteroatoms. The zero-order valence-electron chi connectivity index (χ0n) is 11.3. The molecule has 0 aliphatic heterocycles. The summed E-state index contributed by atoms with van der Waals surface area (Å²) in [4.78, 5) is 18.2. The van der Waals surface area contributed by atoms with E-state index in [9.17, 15) is 4.79 Å². The van der Waals surface area contributed by atoms with Gasteiger partial charge in [-0.15, -0.1) is 11.3 Å². The third-order valence-electron chi connectivity index (χ3n) is 2.95. The largest absolute Gasteiger partial charge is 0.341 e. The van der Waals surface area contributed by atoms with Crippen molar-refractivity contribution in [2.45, 2.75) is 26.3 Å². The molecular formula is C15H18N2OS. The summed E-state index contributed by atoms with van der Waals surface area (Å²) in [6, 6.07) is 10.0. The van der Waals surface area contributed by atoms with Gasteiger partial charge in [0.15, 0.2) is 0 Å². The van der Waals surface area contributed by atoms with Crippen LogP contribution in [0.5, 0.6) is 0 Å². The minimum atomic E-state index is 0.162. The Hall–Kier alpha value is -1.68. The summed E-state index contributed by atoms with van der Waals surface area (Å²) in [5.41, 5.74) is 2.17. The molecule has 0 radical (unpaired) electrons. The number of nitrogens with zero attached hydrogens (tertiary/aromatic N) is 2. The summed E-state index contributed by atoms with van der Waals surface area (Å²) in [6.45, 7) is 2.65. The average Bonchev–Trinajstić information content (AvgIpc) is 2.83. The lowest BCUT2D eigenvalue weighted by atomic mass is 10.2. The Morgan fingerprint density at radius 1 is 1.32 bits per heavy atom. The van der Waals surface area contributed by atoms with Crippen molar-refractivity contribution in [2.24, 2.45) is 0 Å². The third-order valence-corrected chi connectivity index (χ3v) is 3.77. The molecule has 0 bridgehead atoms. The second-order valence-corrected chi connectivity index (χ2v) is 5.66. The van der Waals surface area contributed by atoms with E-state index < -0.39 is 0 Å². The number of thiazole rings is 1. The highest BCUT2D eigenvalue weighted by Crippen LogP contribution is 2.11. The van der Waals surface area contributed by atoms with Crippen molar-refractivity contribution in [3.63, 3.8) is 0 Å².